The molecule has 0 unspecified atom stereocenters. The molecular formula is C32H20N6O. The average Bonchev–Trinajstić information content (AvgIpc) is 3.58. The molecule has 39 heavy (non-hydrogen) atoms. The number of fused-ring (bicyclic) bond motifs is 7. The van der Waals surface area contributed by atoms with Gasteiger partial charge in [0.1, 0.15) is 27.9 Å². The van der Waals surface area contributed by atoms with Gasteiger partial charge in [-0.3, -0.25) is 10.8 Å². The number of anilines is 1. The van der Waals surface area contributed by atoms with Crippen molar-refractivity contribution in [3.63, 3.8) is 0 Å². The number of nitrogens with zero attached hydrogens (tertiary/aromatic N) is 4. The Morgan fingerprint density at radius 3 is 2.51 bits per heavy atom. The van der Waals surface area contributed by atoms with Crippen LogP contribution in [0.4, 0.5) is 5.69 Å². The van der Waals surface area contributed by atoms with Crippen LogP contribution in [-0.4, -0.2) is 26.4 Å². The van der Waals surface area contributed by atoms with Crippen LogP contribution in [0.15, 0.2) is 113 Å². The predicted molar refractivity (Wildman–Crippen MR) is 157 cm³/mol. The van der Waals surface area contributed by atoms with Crippen molar-refractivity contribution >= 4 is 66.9 Å². The Kier molecular flexibility index (Phi) is 4.54. The number of hydrazone groups is 1. The molecule has 2 N–H and O–H groups in total. The molecule has 1 aliphatic carbocycles. The minimum absolute atomic E-state index is 0.367. The van der Waals surface area contributed by atoms with Crippen molar-refractivity contribution < 1.29 is 4.42 Å². The summed E-state index contributed by atoms with van der Waals surface area (Å²) in [6.07, 6.45) is 3.71. The van der Waals surface area contributed by atoms with Crippen molar-refractivity contribution in [2.75, 3.05) is 5.43 Å². The van der Waals surface area contributed by atoms with Gasteiger partial charge in [-0.2, -0.15) is 9.90 Å². The molecular weight excluding hydrogens is 484 g/mol. The maximum absolute atomic E-state index is 8.32. The number of furan rings is 1. The van der Waals surface area contributed by atoms with Crippen molar-refractivity contribution in [1.82, 2.24) is 15.0 Å². The van der Waals surface area contributed by atoms with Gasteiger partial charge in [-0.25, -0.2) is 0 Å². The maximum Gasteiger partial charge on any atom is 0.137 e. The van der Waals surface area contributed by atoms with Crippen molar-refractivity contribution in [3.05, 3.63) is 114 Å². The van der Waals surface area contributed by atoms with Gasteiger partial charge in [0, 0.05) is 33.9 Å². The first-order valence-corrected chi connectivity index (χ1v) is 12.6. The lowest BCUT2D eigenvalue weighted by Gasteiger charge is -2.14. The summed E-state index contributed by atoms with van der Waals surface area (Å²) in [5.41, 5.74) is 10.9. The van der Waals surface area contributed by atoms with E-state index in [0.29, 0.717) is 11.4 Å². The van der Waals surface area contributed by atoms with Crippen LogP contribution in [-0.2, 0) is 0 Å². The number of aromatic nitrogens is 3. The molecule has 0 atom stereocenters. The molecule has 0 spiro atoms. The molecule has 2 aromatic heterocycles. The summed E-state index contributed by atoms with van der Waals surface area (Å²) in [7, 11) is 0. The lowest BCUT2D eigenvalue weighted by Crippen LogP contribution is -2.18. The van der Waals surface area contributed by atoms with Crippen molar-refractivity contribution in [2.45, 2.75) is 0 Å². The Hall–Kier alpha value is -5.56. The molecule has 0 amide bonds. The highest BCUT2D eigenvalue weighted by molar-refractivity contribution is 6.53. The Balaban J connectivity index is 1.15. The van der Waals surface area contributed by atoms with E-state index in [0.717, 1.165) is 66.2 Å². The minimum atomic E-state index is 0.367. The SMILES string of the molecule is N=C1C=Cc2ccccc2/C1=N/Nc1ccc2c(c1)oc1cc(-n3nc4ccc5ccccc5c4n3)ccc12. The molecule has 7 nitrogen and oxygen atoms in total. The lowest BCUT2D eigenvalue weighted by molar-refractivity contribution is 0.667. The van der Waals surface area contributed by atoms with Gasteiger partial charge >= 0.3 is 0 Å². The summed E-state index contributed by atoms with van der Waals surface area (Å²) in [5.74, 6) is 0. The third-order valence-corrected chi connectivity index (χ3v) is 7.16. The number of allylic oxidation sites excluding steroid dienone is 1. The molecule has 0 radical (unpaired) electrons. The third kappa shape index (κ3) is 3.44. The smallest absolute Gasteiger partial charge is 0.137 e. The largest absolute Gasteiger partial charge is 0.456 e. The monoisotopic (exact) mass is 504 g/mol. The summed E-state index contributed by atoms with van der Waals surface area (Å²) in [5, 5.41) is 26.6. The average molecular weight is 505 g/mol. The van der Waals surface area contributed by atoms with Crippen LogP contribution in [0.1, 0.15) is 11.1 Å². The summed E-state index contributed by atoms with van der Waals surface area (Å²) in [6, 6.07) is 32.2. The zero-order valence-corrected chi connectivity index (χ0v) is 20.6. The van der Waals surface area contributed by atoms with Crippen LogP contribution in [0.5, 0.6) is 0 Å². The second-order valence-corrected chi connectivity index (χ2v) is 9.54. The van der Waals surface area contributed by atoms with E-state index >= 15 is 0 Å². The number of benzene rings is 5. The van der Waals surface area contributed by atoms with Crippen LogP contribution < -0.4 is 5.43 Å². The summed E-state index contributed by atoms with van der Waals surface area (Å²) >= 11 is 0. The van der Waals surface area contributed by atoms with E-state index in [-0.39, 0.29) is 0 Å². The number of rotatable bonds is 3. The first-order chi connectivity index (χ1) is 19.2. The third-order valence-electron chi connectivity index (χ3n) is 7.16. The summed E-state index contributed by atoms with van der Waals surface area (Å²) in [6.45, 7) is 0. The number of hydrogen-bond acceptors (Lipinski definition) is 6. The van der Waals surface area contributed by atoms with Gasteiger partial charge in [0.15, 0.2) is 0 Å². The molecule has 0 fully saturated rings. The quantitative estimate of drug-likeness (QED) is 0.246. The van der Waals surface area contributed by atoms with E-state index in [9.17, 15) is 0 Å². The van der Waals surface area contributed by atoms with E-state index in [1.807, 2.05) is 84.9 Å². The molecule has 7 aromatic rings. The van der Waals surface area contributed by atoms with Gasteiger partial charge in [0.25, 0.3) is 0 Å². The van der Waals surface area contributed by atoms with E-state index in [2.05, 4.69) is 28.7 Å². The number of nitrogens with one attached hydrogen (secondary N) is 2. The highest BCUT2D eigenvalue weighted by Gasteiger charge is 2.16. The van der Waals surface area contributed by atoms with E-state index in [1.165, 1.54) is 0 Å². The first kappa shape index (κ1) is 21.5. The summed E-state index contributed by atoms with van der Waals surface area (Å²) in [4.78, 5) is 1.66. The van der Waals surface area contributed by atoms with Crippen LogP contribution in [0.3, 0.4) is 0 Å². The van der Waals surface area contributed by atoms with E-state index < -0.39 is 0 Å². The Bertz CT molecular complexity index is 2180. The fourth-order valence-electron chi connectivity index (χ4n) is 5.22. The molecule has 5 aromatic carbocycles. The zero-order valence-electron chi connectivity index (χ0n) is 20.6. The van der Waals surface area contributed by atoms with Crippen molar-refractivity contribution in [3.8, 4) is 5.69 Å². The fourth-order valence-corrected chi connectivity index (χ4v) is 5.22. The normalized spacial score (nSPS) is 14.2. The van der Waals surface area contributed by atoms with Gasteiger partial charge < -0.3 is 4.42 Å². The van der Waals surface area contributed by atoms with Crippen LogP contribution in [0.2, 0.25) is 0 Å². The topological polar surface area (TPSA) is 92.1 Å². The lowest BCUT2D eigenvalue weighted by atomic mass is 9.94. The first-order valence-electron chi connectivity index (χ1n) is 12.6. The molecule has 2 heterocycles. The zero-order chi connectivity index (χ0) is 25.9. The Labute approximate surface area is 222 Å². The van der Waals surface area contributed by atoms with Crippen LogP contribution in [0, 0.1) is 5.41 Å². The highest BCUT2D eigenvalue weighted by Crippen LogP contribution is 2.32. The number of hydrogen-bond donors (Lipinski definition) is 2. The second-order valence-electron chi connectivity index (χ2n) is 9.54. The van der Waals surface area contributed by atoms with Gasteiger partial charge in [-0.15, -0.1) is 10.2 Å². The molecule has 0 bridgehead atoms. The highest BCUT2D eigenvalue weighted by atomic mass is 16.3. The molecule has 0 saturated carbocycles. The van der Waals surface area contributed by atoms with Gasteiger partial charge in [-0.1, -0.05) is 60.7 Å². The predicted octanol–water partition coefficient (Wildman–Crippen LogP) is 7.34. The molecule has 1 aliphatic rings. The maximum atomic E-state index is 8.32. The molecule has 8 rings (SSSR count). The van der Waals surface area contributed by atoms with Gasteiger partial charge in [0.05, 0.1) is 17.1 Å². The Morgan fingerprint density at radius 1 is 0.744 bits per heavy atom. The second kappa shape index (κ2) is 8.22. The van der Waals surface area contributed by atoms with Crippen molar-refractivity contribution in [1.29, 1.82) is 5.41 Å². The van der Waals surface area contributed by atoms with Crippen LogP contribution >= 0.6 is 0 Å². The Morgan fingerprint density at radius 2 is 1.56 bits per heavy atom. The van der Waals surface area contributed by atoms with E-state index in [1.54, 1.807) is 10.9 Å². The molecule has 0 saturated heterocycles. The standard InChI is InChI=1S/C32H20N6O/c33-27-15-9-19-5-1-3-7-23(19)31(27)35-34-21-11-13-25-26-14-12-22(18-30(26)39-29(25)17-21)38-36-28-16-10-20-6-2-4-8-24(20)32(28)37-38/h1-18,33-34H/b33-27?,35-31-. The molecule has 184 valence electrons. The summed E-state index contributed by atoms with van der Waals surface area (Å²) < 4.78 is 6.26. The van der Waals surface area contributed by atoms with Gasteiger partial charge in [0.2, 0.25) is 0 Å². The van der Waals surface area contributed by atoms with E-state index in [4.69, 9.17) is 20.0 Å². The van der Waals surface area contributed by atoms with Crippen molar-refractivity contribution in [2.24, 2.45) is 5.10 Å². The van der Waals surface area contributed by atoms with Crippen LogP contribution in [0.25, 0.3) is 55.5 Å². The molecule has 0 aliphatic heterocycles. The minimum Gasteiger partial charge on any atom is -0.456 e. The van der Waals surface area contributed by atoms with Gasteiger partial charge in [-0.05, 0) is 47.4 Å². The molecule has 7 heteroatoms. The fraction of sp³-hybridized carbons (Fsp3) is 0.